The van der Waals surface area contributed by atoms with Gasteiger partial charge < -0.3 is 10.8 Å². The zero-order valence-corrected chi connectivity index (χ0v) is 11.4. The first-order valence-electron chi connectivity index (χ1n) is 5.02. The number of nitrogens with zero attached hydrogens (tertiary/aromatic N) is 2. The third-order valence-corrected chi connectivity index (χ3v) is 2.23. The molecule has 0 aliphatic carbocycles. The molecule has 18 heavy (non-hydrogen) atoms. The van der Waals surface area contributed by atoms with E-state index in [1.165, 1.54) is 38.3 Å². The smallest absolute Gasteiger partial charge is 0.339 e. The number of hydrazone groups is 1. The maximum absolute atomic E-state index is 11.3. The maximum atomic E-state index is 11.3. The molecule has 0 bridgehead atoms. The zero-order valence-electron chi connectivity index (χ0n) is 9.89. The summed E-state index contributed by atoms with van der Waals surface area (Å²) < 4.78 is 0. The Morgan fingerprint density at radius 1 is 1.39 bits per heavy atom. The van der Waals surface area contributed by atoms with Crippen molar-refractivity contribution < 1.29 is 9.90 Å². The molecule has 1 aromatic carbocycles. The summed E-state index contributed by atoms with van der Waals surface area (Å²) in [5, 5.41) is 14.9. The van der Waals surface area contributed by atoms with Crippen LogP contribution < -0.4 is 10.7 Å². The number of halogens is 2. The Morgan fingerprint density at radius 2 is 1.89 bits per heavy atom. The molecule has 5 nitrogen and oxygen atoms in total. The predicted molar refractivity (Wildman–Crippen MR) is 73.3 cm³/mol. The number of urea groups is 1. The molecule has 0 aromatic heterocycles. The van der Waals surface area contributed by atoms with E-state index in [-0.39, 0.29) is 0 Å². The second kappa shape index (κ2) is 5.56. The van der Waals surface area contributed by atoms with Crippen LogP contribution in [0, 0.1) is 0 Å². The molecule has 0 radical (unpaired) electrons. The number of rotatable bonds is 3. The van der Waals surface area contributed by atoms with Gasteiger partial charge in [-0.2, -0.15) is 10.1 Å². The number of hydrogen-bond acceptors (Lipinski definition) is 3. The molecule has 7 heteroatoms. The molecule has 98 valence electrons. The Labute approximate surface area is 115 Å². The van der Waals surface area contributed by atoms with E-state index in [9.17, 15) is 9.90 Å². The van der Waals surface area contributed by atoms with E-state index in [2.05, 4.69) is 5.10 Å². The zero-order chi connectivity index (χ0) is 13.9. The number of hydrogen-bond donors (Lipinski definition) is 2. The summed E-state index contributed by atoms with van der Waals surface area (Å²) in [4.78, 5) is 11.3. The maximum Gasteiger partial charge on any atom is 0.339 e. The molecule has 0 heterocycles. The quantitative estimate of drug-likeness (QED) is 0.663. The second-order valence-corrected chi connectivity index (χ2v) is 5.05. The summed E-state index contributed by atoms with van der Waals surface area (Å²) in [5.74, 6) is 0. The van der Waals surface area contributed by atoms with Crippen molar-refractivity contribution in [3.05, 3.63) is 28.2 Å². The van der Waals surface area contributed by atoms with Crippen LogP contribution in [0.15, 0.2) is 23.3 Å². The molecule has 0 aliphatic heterocycles. The van der Waals surface area contributed by atoms with Crippen LogP contribution in [0.1, 0.15) is 13.8 Å². The lowest BCUT2D eigenvalue weighted by atomic mass is 10.2. The van der Waals surface area contributed by atoms with E-state index in [0.29, 0.717) is 15.7 Å². The van der Waals surface area contributed by atoms with Gasteiger partial charge in [0.2, 0.25) is 0 Å². The number of carbonyl (C=O) groups excluding carboxylic acids is 1. The largest absolute Gasteiger partial charge is 0.385 e. The summed E-state index contributed by atoms with van der Waals surface area (Å²) in [5.41, 5.74) is 4.35. The number of carbonyl (C=O) groups is 1. The van der Waals surface area contributed by atoms with Gasteiger partial charge in [-0.1, -0.05) is 23.2 Å². The molecule has 0 fully saturated rings. The van der Waals surface area contributed by atoms with E-state index < -0.39 is 11.6 Å². The predicted octanol–water partition coefficient (Wildman–Crippen LogP) is 2.64. The van der Waals surface area contributed by atoms with Gasteiger partial charge in [-0.25, -0.2) is 4.79 Å². The molecule has 0 saturated heterocycles. The molecule has 0 aliphatic rings. The molecular weight excluding hydrogens is 277 g/mol. The Hall–Kier alpha value is -1.30. The molecule has 1 aromatic rings. The Bertz CT molecular complexity index is 463. The topological polar surface area (TPSA) is 78.9 Å². The summed E-state index contributed by atoms with van der Waals surface area (Å²) in [6.45, 7) is 3.03. The Kier molecular flexibility index (Phi) is 4.56. The number of aliphatic hydroxyl groups is 1. The summed E-state index contributed by atoms with van der Waals surface area (Å²) in [6, 6.07) is 3.68. The van der Waals surface area contributed by atoms with Crippen molar-refractivity contribution in [3.63, 3.8) is 0 Å². The highest BCUT2D eigenvalue weighted by atomic mass is 35.5. The fourth-order valence-electron chi connectivity index (χ4n) is 1.11. The van der Waals surface area contributed by atoms with Crippen molar-refractivity contribution in [2.24, 2.45) is 10.8 Å². The average molecular weight is 290 g/mol. The van der Waals surface area contributed by atoms with Gasteiger partial charge in [0.1, 0.15) is 0 Å². The van der Waals surface area contributed by atoms with Crippen LogP contribution in [-0.4, -0.2) is 23.0 Å². The molecule has 2 amide bonds. The van der Waals surface area contributed by atoms with Gasteiger partial charge in [0.05, 0.1) is 17.5 Å². The normalized spacial score (nSPS) is 11.8. The third-order valence-electron chi connectivity index (χ3n) is 1.79. The van der Waals surface area contributed by atoms with Crippen molar-refractivity contribution in [2.75, 3.05) is 5.01 Å². The van der Waals surface area contributed by atoms with Crippen molar-refractivity contribution in [3.8, 4) is 0 Å². The van der Waals surface area contributed by atoms with E-state index in [1.54, 1.807) is 0 Å². The number of anilines is 1. The minimum absolute atomic E-state index is 0.320. The first-order chi connectivity index (χ1) is 8.19. The number of amides is 2. The highest BCUT2D eigenvalue weighted by Crippen LogP contribution is 2.25. The van der Waals surface area contributed by atoms with Crippen LogP contribution in [0.2, 0.25) is 10.0 Å². The minimum atomic E-state index is -1.17. The molecule has 0 atom stereocenters. The van der Waals surface area contributed by atoms with Gasteiger partial charge in [-0.3, -0.25) is 0 Å². The molecular formula is C11H13Cl2N3O2. The van der Waals surface area contributed by atoms with Crippen LogP contribution in [0.25, 0.3) is 0 Å². The van der Waals surface area contributed by atoms with Crippen molar-refractivity contribution >= 4 is 41.1 Å². The fourth-order valence-corrected chi connectivity index (χ4v) is 1.63. The first-order valence-corrected chi connectivity index (χ1v) is 5.78. The fraction of sp³-hybridized carbons (Fsp3) is 0.273. The number of benzene rings is 1. The van der Waals surface area contributed by atoms with Crippen molar-refractivity contribution in [1.29, 1.82) is 0 Å². The molecule has 1 rings (SSSR count). The second-order valence-electron chi connectivity index (χ2n) is 4.18. The van der Waals surface area contributed by atoms with Crippen molar-refractivity contribution in [2.45, 2.75) is 19.4 Å². The van der Waals surface area contributed by atoms with Gasteiger partial charge >= 0.3 is 6.03 Å². The SMILES string of the molecule is CC(C)(O)C=NN(C(N)=O)c1cc(Cl)cc(Cl)c1. The van der Waals surface area contributed by atoms with Crippen LogP contribution in [0.4, 0.5) is 10.5 Å². The summed E-state index contributed by atoms with van der Waals surface area (Å²) in [6.07, 6.45) is 1.19. The Balaban J connectivity index is 3.13. The van der Waals surface area contributed by atoms with Crippen LogP contribution in [-0.2, 0) is 0 Å². The van der Waals surface area contributed by atoms with Gasteiger partial charge in [0.15, 0.2) is 0 Å². The van der Waals surface area contributed by atoms with Crippen molar-refractivity contribution in [1.82, 2.24) is 0 Å². The highest BCUT2D eigenvalue weighted by Gasteiger charge is 2.15. The lowest BCUT2D eigenvalue weighted by Crippen LogP contribution is -2.33. The third kappa shape index (κ3) is 4.52. The van der Waals surface area contributed by atoms with Crippen LogP contribution in [0.3, 0.4) is 0 Å². The van der Waals surface area contributed by atoms with E-state index >= 15 is 0 Å². The lowest BCUT2D eigenvalue weighted by molar-refractivity contribution is 0.159. The number of nitrogens with two attached hydrogens (primary N) is 1. The monoisotopic (exact) mass is 289 g/mol. The summed E-state index contributed by atoms with van der Waals surface area (Å²) >= 11 is 11.6. The van der Waals surface area contributed by atoms with E-state index in [1.807, 2.05) is 0 Å². The first kappa shape index (κ1) is 14.8. The molecule has 0 unspecified atom stereocenters. The Morgan fingerprint density at radius 3 is 2.28 bits per heavy atom. The summed E-state index contributed by atoms with van der Waals surface area (Å²) in [7, 11) is 0. The molecule has 0 saturated carbocycles. The van der Waals surface area contributed by atoms with E-state index in [4.69, 9.17) is 28.9 Å². The highest BCUT2D eigenvalue weighted by molar-refractivity contribution is 6.35. The lowest BCUT2D eigenvalue weighted by Gasteiger charge is -2.17. The van der Waals surface area contributed by atoms with Gasteiger partial charge in [0, 0.05) is 10.0 Å². The van der Waals surface area contributed by atoms with E-state index in [0.717, 1.165) is 5.01 Å². The van der Waals surface area contributed by atoms with Crippen LogP contribution >= 0.6 is 23.2 Å². The van der Waals surface area contributed by atoms with Gasteiger partial charge in [-0.05, 0) is 32.0 Å². The average Bonchev–Trinajstić information content (AvgIpc) is 2.13. The molecule has 3 N–H and O–H groups in total. The standard InChI is InChI=1S/C11H13Cl2N3O2/c1-11(2,18)6-15-16(10(14)17)9-4-7(12)3-8(13)5-9/h3-6,18H,1-2H3,(H2,14,17). The number of primary amides is 1. The molecule has 0 spiro atoms. The van der Waals surface area contributed by atoms with Crippen LogP contribution in [0.5, 0.6) is 0 Å². The van der Waals surface area contributed by atoms with Gasteiger partial charge in [0.25, 0.3) is 0 Å². The van der Waals surface area contributed by atoms with Gasteiger partial charge in [-0.15, -0.1) is 0 Å². The minimum Gasteiger partial charge on any atom is -0.385 e.